The molecule has 0 aliphatic carbocycles. The third-order valence-corrected chi connectivity index (χ3v) is 3.92. The van der Waals surface area contributed by atoms with E-state index in [1.54, 1.807) is 0 Å². The summed E-state index contributed by atoms with van der Waals surface area (Å²) in [6, 6.07) is -4.33. The van der Waals surface area contributed by atoms with Crippen LogP contribution in [0.3, 0.4) is 0 Å². The van der Waals surface area contributed by atoms with Crippen LogP contribution in [0.5, 0.6) is 0 Å². The molecule has 1 aromatic rings. The number of carboxylic acid groups (broad SMARTS) is 1. The number of amides is 3. The number of carbonyl (C=O) groups is 4. The Morgan fingerprint density at radius 2 is 1.62 bits per heavy atom. The van der Waals surface area contributed by atoms with Crippen LogP contribution in [0.4, 0.5) is 0 Å². The normalized spacial score (nSPS) is 16.0. The first-order valence-electron chi connectivity index (χ1n) is 8.73. The van der Waals surface area contributed by atoms with Crippen LogP contribution in [0.25, 0.3) is 0 Å². The molecule has 1 aromatic heterocycles. The molecule has 13 heteroatoms. The number of carbonyl (C=O) groups excluding carboxylic acids is 3. The van der Waals surface area contributed by atoms with Crippen LogP contribution < -0.4 is 21.7 Å². The number of imidazole rings is 1. The van der Waals surface area contributed by atoms with Gasteiger partial charge in [-0.2, -0.15) is 0 Å². The van der Waals surface area contributed by atoms with Crippen LogP contribution >= 0.6 is 0 Å². The Labute approximate surface area is 166 Å². The summed E-state index contributed by atoms with van der Waals surface area (Å²) in [5.41, 5.74) is 5.62. The van der Waals surface area contributed by atoms with Gasteiger partial charge in [0, 0.05) is 18.3 Å². The number of aromatic nitrogens is 2. The summed E-state index contributed by atoms with van der Waals surface area (Å²) in [6.07, 6.45) is -0.0927. The van der Waals surface area contributed by atoms with E-state index < -0.39 is 60.6 Å². The van der Waals surface area contributed by atoms with Crippen molar-refractivity contribution in [2.45, 2.75) is 50.6 Å². The van der Waals surface area contributed by atoms with E-state index in [0.717, 1.165) is 0 Å². The second kappa shape index (κ2) is 11.1. The zero-order valence-electron chi connectivity index (χ0n) is 16.0. The van der Waals surface area contributed by atoms with E-state index in [-0.39, 0.29) is 6.42 Å². The number of aliphatic hydroxyl groups excluding tert-OH is 2. The third-order valence-electron chi connectivity index (χ3n) is 3.92. The minimum absolute atomic E-state index is 0.107. The molecule has 0 spiro atoms. The molecule has 0 bridgehead atoms. The van der Waals surface area contributed by atoms with Gasteiger partial charge >= 0.3 is 5.97 Å². The second-order valence-electron chi connectivity index (χ2n) is 6.40. The number of carboxylic acids is 1. The summed E-state index contributed by atoms with van der Waals surface area (Å²) < 4.78 is 0. The second-order valence-corrected chi connectivity index (χ2v) is 6.40. The van der Waals surface area contributed by atoms with E-state index in [9.17, 15) is 34.5 Å². The van der Waals surface area contributed by atoms with Gasteiger partial charge in [0.25, 0.3) is 0 Å². The molecule has 5 atom stereocenters. The Morgan fingerprint density at radius 3 is 2.07 bits per heavy atom. The smallest absolute Gasteiger partial charge is 0.326 e. The molecule has 0 saturated heterocycles. The lowest BCUT2D eigenvalue weighted by Crippen LogP contribution is -2.61. The minimum Gasteiger partial charge on any atom is -0.480 e. The number of aliphatic carboxylic acids is 1. The van der Waals surface area contributed by atoms with Crippen molar-refractivity contribution in [2.75, 3.05) is 6.54 Å². The molecule has 1 heterocycles. The first kappa shape index (κ1) is 24.0. The Bertz CT molecular complexity index is 707. The lowest BCUT2D eigenvalue weighted by Gasteiger charge is -2.26. The van der Waals surface area contributed by atoms with Gasteiger partial charge in [0.05, 0.1) is 25.1 Å². The maximum atomic E-state index is 12.5. The molecule has 13 nitrogen and oxygen atoms in total. The van der Waals surface area contributed by atoms with Crippen molar-refractivity contribution >= 4 is 23.7 Å². The number of H-pyrrole nitrogens is 1. The number of hydrogen-bond acceptors (Lipinski definition) is 8. The van der Waals surface area contributed by atoms with Crippen molar-refractivity contribution in [1.29, 1.82) is 0 Å². The van der Waals surface area contributed by atoms with Crippen LogP contribution in [0.15, 0.2) is 12.5 Å². The molecule has 0 aliphatic rings. The number of nitrogens with one attached hydrogen (secondary N) is 4. The largest absolute Gasteiger partial charge is 0.480 e. The van der Waals surface area contributed by atoms with Crippen LogP contribution in [0.2, 0.25) is 0 Å². The van der Waals surface area contributed by atoms with E-state index in [2.05, 4.69) is 25.9 Å². The molecule has 0 aliphatic heterocycles. The molecule has 0 radical (unpaired) electrons. The summed E-state index contributed by atoms with van der Waals surface area (Å²) in [6.45, 7) is 2.03. The number of hydrogen-bond donors (Lipinski definition) is 8. The molecule has 162 valence electrons. The molecule has 29 heavy (non-hydrogen) atoms. The van der Waals surface area contributed by atoms with Crippen molar-refractivity contribution in [2.24, 2.45) is 5.73 Å². The van der Waals surface area contributed by atoms with Crippen molar-refractivity contribution in [3.05, 3.63) is 18.2 Å². The molecular formula is C16H26N6O7. The average molecular weight is 414 g/mol. The maximum absolute atomic E-state index is 12.5. The fourth-order valence-corrected chi connectivity index (χ4v) is 2.36. The first-order valence-corrected chi connectivity index (χ1v) is 8.73. The SMILES string of the molecule is CC(O)C(NC(=O)CN)C(=O)NC(C(=O)NC(Cc1cnc[nH]1)C(=O)O)C(C)O. The highest BCUT2D eigenvalue weighted by Crippen LogP contribution is 2.03. The standard InChI is InChI=1S/C16H26N6O7/c1-7(23)12(21-11(25)4-17)15(27)22-13(8(2)24)14(26)20-10(16(28)29)3-9-5-18-6-19-9/h5-8,10,12-13,23-24H,3-4,17H2,1-2H3,(H,18,19)(H,20,26)(H,21,25)(H,22,27)(H,28,29). The average Bonchev–Trinajstić information content (AvgIpc) is 3.15. The summed E-state index contributed by atoms with van der Waals surface area (Å²) in [7, 11) is 0. The van der Waals surface area contributed by atoms with E-state index >= 15 is 0 Å². The Morgan fingerprint density at radius 1 is 1.07 bits per heavy atom. The summed E-state index contributed by atoms with van der Waals surface area (Å²) >= 11 is 0. The highest BCUT2D eigenvalue weighted by atomic mass is 16.4. The van der Waals surface area contributed by atoms with Gasteiger partial charge in [-0.15, -0.1) is 0 Å². The lowest BCUT2D eigenvalue weighted by molar-refractivity contribution is -0.143. The molecular weight excluding hydrogens is 388 g/mol. The van der Waals surface area contributed by atoms with Gasteiger partial charge in [-0.05, 0) is 13.8 Å². The minimum atomic E-state index is -1.54. The van der Waals surface area contributed by atoms with Crippen molar-refractivity contribution in [1.82, 2.24) is 25.9 Å². The number of nitrogens with zero attached hydrogens (tertiary/aromatic N) is 1. The van der Waals surface area contributed by atoms with E-state index in [4.69, 9.17) is 5.73 Å². The zero-order valence-corrected chi connectivity index (χ0v) is 16.0. The summed E-state index contributed by atoms with van der Waals surface area (Å²) in [5.74, 6) is -3.96. The predicted octanol–water partition coefficient (Wildman–Crippen LogP) is -3.79. The predicted molar refractivity (Wildman–Crippen MR) is 98.1 cm³/mol. The highest BCUT2D eigenvalue weighted by Gasteiger charge is 2.33. The van der Waals surface area contributed by atoms with Gasteiger partial charge in [0.15, 0.2) is 0 Å². The van der Waals surface area contributed by atoms with Crippen LogP contribution in [0.1, 0.15) is 19.5 Å². The first-order chi connectivity index (χ1) is 13.6. The molecule has 1 rings (SSSR count). The van der Waals surface area contributed by atoms with Crippen LogP contribution in [0, 0.1) is 0 Å². The molecule has 0 fully saturated rings. The molecule has 3 amide bonds. The number of aliphatic hydroxyl groups is 2. The zero-order chi connectivity index (χ0) is 22.1. The molecule has 0 aromatic carbocycles. The van der Waals surface area contributed by atoms with Gasteiger partial charge in [0.1, 0.15) is 18.1 Å². The summed E-state index contributed by atoms with van der Waals surface area (Å²) in [5, 5.41) is 35.5. The fraction of sp³-hybridized carbons (Fsp3) is 0.562. The maximum Gasteiger partial charge on any atom is 0.326 e. The topological polar surface area (TPSA) is 220 Å². The Hall–Kier alpha value is -3.03. The van der Waals surface area contributed by atoms with Crippen LogP contribution in [-0.4, -0.2) is 85.9 Å². The molecule has 0 saturated carbocycles. The Kier molecular flexibility index (Phi) is 9.18. The third kappa shape index (κ3) is 7.48. The fourth-order valence-electron chi connectivity index (χ4n) is 2.36. The molecule has 5 unspecified atom stereocenters. The van der Waals surface area contributed by atoms with E-state index in [1.165, 1.54) is 26.4 Å². The number of nitrogens with two attached hydrogens (primary N) is 1. The van der Waals surface area contributed by atoms with Gasteiger partial charge in [-0.1, -0.05) is 0 Å². The van der Waals surface area contributed by atoms with Crippen molar-refractivity contribution in [3.63, 3.8) is 0 Å². The lowest BCUT2D eigenvalue weighted by atomic mass is 10.1. The van der Waals surface area contributed by atoms with Crippen LogP contribution in [-0.2, 0) is 25.6 Å². The van der Waals surface area contributed by atoms with E-state index in [0.29, 0.717) is 5.69 Å². The van der Waals surface area contributed by atoms with Gasteiger partial charge in [-0.25, -0.2) is 9.78 Å². The summed E-state index contributed by atoms with van der Waals surface area (Å²) in [4.78, 5) is 54.2. The number of aromatic amines is 1. The van der Waals surface area contributed by atoms with Gasteiger partial charge < -0.3 is 42.0 Å². The van der Waals surface area contributed by atoms with E-state index in [1.807, 2.05) is 0 Å². The molecule has 9 N–H and O–H groups in total. The number of rotatable bonds is 11. The van der Waals surface area contributed by atoms with Crippen molar-refractivity contribution < 1.29 is 34.5 Å². The van der Waals surface area contributed by atoms with Gasteiger partial charge in [-0.3, -0.25) is 14.4 Å². The quantitative estimate of drug-likeness (QED) is 0.178. The monoisotopic (exact) mass is 414 g/mol. The van der Waals surface area contributed by atoms with Crippen molar-refractivity contribution in [3.8, 4) is 0 Å². The van der Waals surface area contributed by atoms with Gasteiger partial charge in [0.2, 0.25) is 17.7 Å². The highest BCUT2D eigenvalue weighted by molar-refractivity contribution is 5.94. The Balaban J connectivity index is 2.88.